The summed E-state index contributed by atoms with van der Waals surface area (Å²) in [5, 5.41) is 0.532. The maximum Gasteiger partial charge on any atom is 0.332 e. The van der Waals surface area contributed by atoms with Gasteiger partial charge in [0.2, 0.25) is 5.95 Å². The number of fused-ring (bicyclic) bond motifs is 1. The third-order valence-corrected chi connectivity index (χ3v) is 6.06. The van der Waals surface area contributed by atoms with Crippen LogP contribution in [-0.4, -0.2) is 31.8 Å². The topological polar surface area (TPSA) is 65.1 Å². The van der Waals surface area contributed by atoms with Gasteiger partial charge in [-0.05, 0) is 30.4 Å². The summed E-state index contributed by atoms with van der Waals surface area (Å²) in [4.78, 5) is 32.9. The predicted octanol–water partition coefficient (Wildman–Crippen LogP) is 2.37. The van der Waals surface area contributed by atoms with Crippen molar-refractivity contribution < 1.29 is 0 Å². The van der Waals surface area contributed by atoms with E-state index in [2.05, 4.69) is 16.8 Å². The lowest BCUT2D eigenvalue weighted by Gasteiger charge is -2.30. The number of nitrogens with zero attached hydrogens (tertiary/aromatic N) is 5. The summed E-state index contributed by atoms with van der Waals surface area (Å²) >= 11 is 6.24. The molecular formula is C20H24ClN5O2. The van der Waals surface area contributed by atoms with Gasteiger partial charge in [0, 0.05) is 32.2 Å². The molecule has 0 bridgehead atoms. The second-order valence-corrected chi connectivity index (χ2v) is 8.04. The monoisotopic (exact) mass is 401 g/mol. The van der Waals surface area contributed by atoms with Crippen molar-refractivity contribution in [3.05, 3.63) is 55.7 Å². The SMILES string of the molecule is CC1CCN(c2nc3c(c(=O)n(Cc4ccccc4Cl)c(=O)n3C)n2C)CC1. The van der Waals surface area contributed by atoms with Crippen molar-refractivity contribution in [2.24, 2.45) is 20.0 Å². The molecule has 1 aliphatic heterocycles. The number of imidazole rings is 1. The van der Waals surface area contributed by atoms with Gasteiger partial charge in [0.1, 0.15) is 0 Å². The van der Waals surface area contributed by atoms with Crippen molar-refractivity contribution in [1.82, 2.24) is 18.7 Å². The molecule has 0 radical (unpaired) electrons. The highest BCUT2D eigenvalue weighted by atomic mass is 35.5. The molecule has 0 saturated carbocycles. The van der Waals surface area contributed by atoms with Gasteiger partial charge in [-0.15, -0.1) is 0 Å². The molecule has 3 heterocycles. The maximum absolute atomic E-state index is 13.2. The molecule has 8 heteroatoms. The number of rotatable bonds is 3. The first-order valence-corrected chi connectivity index (χ1v) is 9.91. The van der Waals surface area contributed by atoms with Gasteiger partial charge >= 0.3 is 5.69 Å². The summed E-state index contributed by atoms with van der Waals surface area (Å²) in [7, 11) is 3.50. The molecule has 0 unspecified atom stereocenters. The lowest BCUT2D eigenvalue weighted by molar-refractivity contribution is 0.433. The lowest BCUT2D eigenvalue weighted by Crippen LogP contribution is -2.40. The Morgan fingerprint density at radius 3 is 2.46 bits per heavy atom. The number of halogens is 1. The van der Waals surface area contributed by atoms with Crippen LogP contribution in [0.4, 0.5) is 5.95 Å². The fourth-order valence-corrected chi connectivity index (χ4v) is 4.06. The summed E-state index contributed by atoms with van der Waals surface area (Å²) < 4.78 is 4.49. The molecule has 1 fully saturated rings. The first kappa shape index (κ1) is 18.8. The van der Waals surface area contributed by atoms with Crippen LogP contribution >= 0.6 is 11.6 Å². The van der Waals surface area contributed by atoms with Crippen molar-refractivity contribution in [2.75, 3.05) is 18.0 Å². The number of aryl methyl sites for hydroxylation is 2. The van der Waals surface area contributed by atoms with Gasteiger partial charge in [0.15, 0.2) is 11.2 Å². The highest BCUT2D eigenvalue weighted by Gasteiger charge is 2.24. The number of benzene rings is 1. The molecule has 1 aromatic carbocycles. The Hall–Kier alpha value is -2.54. The number of hydrogen-bond acceptors (Lipinski definition) is 4. The molecular weight excluding hydrogens is 378 g/mol. The van der Waals surface area contributed by atoms with Crippen LogP contribution in [0.25, 0.3) is 11.2 Å². The normalized spacial score (nSPS) is 15.5. The van der Waals surface area contributed by atoms with Crippen LogP contribution in [0.2, 0.25) is 5.02 Å². The smallest absolute Gasteiger partial charge is 0.332 e. The van der Waals surface area contributed by atoms with Crippen molar-refractivity contribution in [2.45, 2.75) is 26.3 Å². The molecule has 0 N–H and O–H groups in total. The van der Waals surface area contributed by atoms with Gasteiger partial charge in [0.25, 0.3) is 5.56 Å². The van der Waals surface area contributed by atoms with Crippen LogP contribution in [0.1, 0.15) is 25.3 Å². The Morgan fingerprint density at radius 2 is 1.79 bits per heavy atom. The van der Waals surface area contributed by atoms with E-state index < -0.39 is 5.69 Å². The van der Waals surface area contributed by atoms with E-state index in [0.29, 0.717) is 22.1 Å². The van der Waals surface area contributed by atoms with E-state index in [1.165, 1.54) is 9.13 Å². The van der Waals surface area contributed by atoms with Crippen molar-refractivity contribution in [3.8, 4) is 0 Å². The first-order valence-electron chi connectivity index (χ1n) is 9.53. The zero-order chi connectivity index (χ0) is 20.0. The van der Waals surface area contributed by atoms with Gasteiger partial charge in [-0.25, -0.2) is 4.79 Å². The standard InChI is InChI=1S/C20H24ClN5O2/c1-13-8-10-25(11-9-13)19-22-17-16(23(19)2)18(27)26(20(28)24(17)3)12-14-6-4-5-7-15(14)21/h4-7,13H,8-12H2,1-3H3. The Kier molecular flexibility index (Phi) is 4.79. The molecule has 0 aliphatic carbocycles. The zero-order valence-corrected chi connectivity index (χ0v) is 17.1. The van der Waals surface area contributed by atoms with Crippen molar-refractivity contribution in [1.29, 1.82) is 0 Å². The van der Waals surface area contributed by atoms with Crippen molar-refractivity contribution in [3.63, 3.8) is 0 Å². The molecule has 0 amide bonds. The summed E-state index contributed by atoms with van der Waals surface area (Å²) in [5.74, 6) is 1.44. The van der Waals surface area contributed by atoms with Crippen LogP contribution in [0, 0.1) is 5.92 Å². The van der Waals surface area contributed by atoms with Crippen LogP contribution in [-0.2, 0) is 20.6 Å². The minimum absolute atomic E-state index is 0.128. The van der Waals surface area contributed by atoms with E-state index in [0.717, 1.165) is 37.4 Å². The summed E-state index contributed by atoms with van der Waals surface area (Å²) in [6.07, 6.45) is 2.19. The highest BCUT2D eigenvalue weighted by Crippen LogP contribution is 2.24. The molecule has 7 nitrogen and oxygen atoms in total. The minimum Gasteiger partial charge on any atom is -0.342 e. The van der Waals surface area contributed by atoms with E-state index in [1.807, 2.05) is 29.8 Å². The number of aromatic nitrogens is 4. The molecule has 0 atom stereocenters. The minimum atomic E-state index is -0.394. The average molecular weight is 402 g/mol. The third-order valence-electron chi connectivity index (χ3n) is 5.69. The molecule has 4 rings (SSSR count). The van der Waals surface area contributed by atoms with Gasteiger partial charge in [0.05, 0.1) is 6.54 Å². The maximum atomic E-state index is 13.2. The molecule has 2 aromatic heterocycles. The van der Waals surface area contributed by atoms with Crippen LogP contribution in [0.3, 0.4) is 0 Å². The summed E-state index contributed by atoms with van der Waals surface area (Å²) in [6, 6.07) is 7.24. The lowest BCUT2D eigenvalue weighted by atomic mass is 10.00. The predicted molar refractivity (Wildman–Crippen MR) is 111 cm³/mol. The van der Waals surface area contributed by atoms with Gasteiger partial charge in [-0.1, -0.05) is 36.7 Å². The average Bonchev–Trinajstić information content (AvgIpc) is 3.03. The van der Waals surface area contributed by atoms with E-state index in [9.17, 15) is 9.59 Å². The fourth-order valence-electron chi connectivity index (χ4n) is 3.86. The number of piperidine rings is 1. The zero-order valence-electron chi connectivity index (χ0n) is 16.4. The fraction of sp³-hybridized carbons (Fsp3) is 0.450. The molecule has 148 valence electrons. The Morgan fingerprint density at radius 1 is 1.11 bits per heavy atom. The number of anilines is 1. The summed E-state index contributed by atoms with van der Waals surface area (Å²) in [5.41, 5.74) is 0.846. The third kappa shape index (κ3) is 3.03. The molecule has 28 heavy (non-hydrogen) atoms. The van der Waals surface area contributed by atoms with Crippen LogP contribution in [0.5, 0.6) is 0 Å². The Labute approximate surface area is 167 Å². The van der Waals surface area contributed by atoms with Crippen LogP contribution in [0.15, 0.2) is 33.9 Å². The molecule has 3 aromatic rings. The summed E-state index contributed by atoms with van der Waals surface area (Å²) in [6.45, 7) is 4.19. The molecule has 0 spiro atoms. The van der Waals surface area contributed by atoms with Crippen LogP contribution < -0.4 is 16.1 Å². The van der Waals surface area contributed by atoms with E-state index in [4.69, 9.17) is 11.6 Å². The second kappa shape index (κ2) is 7.13. The highest BCUT2D eigenvalue weighted by molar-refractivity contribution is 6.31. The molecule has 1 saturated heterocycles. The van der Waals surface area contributed by atoms with Crippen molar-refractivity contribution >= 4 is 28.7 Å². The molecule has 1 aliphatic rings. The second-order valence-electron chi connectivity index (χ2n) is 7.64. The van der Waals surface area contributed by atoms with Gasteiger partial charge in [-0.3, -0.25) is 13.9 Å². The Bertz CT molecular complexity index is 1150. The van der Waals surface area contributed by atoms with E-state index >= 15 is 0 Å². The quantitative estimate of drug-likeness (QED) is 0.675. The van der Waals surface area contributed by atoms with Gasteiger partial charge < -0.3 is 9.47 Å². The first-order chi connectivity index (χ1) is 13.4. The van der Waals surface area contributed by atoms with Gasteiger partial charge in [-0.2, -0.15) is 4.98 Å². The number of hydrogen-bond donors (Lipinski definition) is 0. The van der Waals surface area contributed by atoms with E-state index in [1.54, 1.807) is 13.1 Å². The van der Waals surface area contributed by atoms with E-state index in [-0.39, 0.29) is 12.1 Å². The Balaban J connectivity index is 1.85. The largest absolute Gasteiger partial charge is 0.342 e.